The highest BCUT2D eigenvalue weighted by atomic mass is 32.2. The van der Waals surface area contributed by atoms with E-state index in [-0.39, 0.29) is 5.12 Å². The molecule has 0 radical (unpaired) electrons. The lowest BCUT2D eigenvalue weighted by Gasteiger charge is -2.01. The molecular weight excluding hydrogens is 234 g/mol. The van der Waals surface area contributed by atoms with Crippen LogP contribution < -0.4 is 4.74 Å². The van der Waals surface area contributed by atoms with Gasteiger partial charge in [0.15, 0.2) is 5.12 Å². The molecule has 17 heavy (non-hydrogen) atoms. The number of pyridine rings is 1. The van der Waals surface area contributed by atoms with Gasteiger partial charge in [0.05, 0.1) is 7.11 Å². The van der Waals surface area contributed by atoms with Crippen LogP contribution in [-0.4, -0.2) is 23.0 Å². The molecule has 0 aromatic carbocycles. The Hall–Kier alpha value is -1.47. The van der Waals surface area contributed by atoms with Crippen LogP contribution in [0, 0.1) is 18.8 Å². The zero-order chi connectivity index (χ0) is 12.7. The second-order valence-electron chi connectivity index (χ2n) is 3.43. The van der Waals surface area contributed by atoms with Gasteiger partial charge in [-0.2, -0.15) is 0 Å². The molecule has 0 N–H and O–H groups in total. The third kappa shape index (κ3) is 4.92. The summed E-state index contributed by atoms with van der Waals surface area (Å²) in [6.45, 7) is 3.54. The predicted molar refractivity (Wildman–Crippen MR) is 70.2 cm³/mol. The van der Waals surface area contributed by atoms with Crippen LogP contribution in [0.1, 0.15) is 24.5 Å². The lowest BCUT2D eigenvalue weighted by Crippen LogP contribution is -1.91. The number of carbonyl (C=O) groups is 1. The van der Waals surface area contributed by atoms with Crippen molar-refractivity contribution in [3.63, 3.8) is 0 Å². The van der Waals surface area contributed by atoms with Crippen LogP contribution in [0.5, 0.6) is 5.88 Å². The lowest BCUT2D eigenvalue weighted by atomic mass is 10.1. The Morgan fingerprint density at radius 3 is 2.94 bits per heavy atom. The highest BCUT2D eigenvalue weighted by Gasteiger charge is 1.98. The standard InChI is InChI=1S/C13H15NO2S/c1-10-8-13(16-3)14-9-12(10)6-4-5-7-17-11(2)15/h8-9H,5,7H2,1-3H3. The monoisotopic (exact) mass is 249 g/mol. The number of rotatable bonds is 3. The fourth-order valence-electron chi connectivity index (χ4n) is 1.18. The van der Waals surface area contributed by atoms with E-state index in [9.17, 15) is 4.79 Å². The SMILES string of the molecule is COc1cc(C)c(C#CCCSC(C)=O)cn1. The summed E-state index contributed by atoms with van der Waals surface area (Å²) in [5.41, 5.74) is 1.95. The van der Waals surface area contributed by atoms with Gasteiger partial charge in [0, 0.05) is 36.9 Å². The fraction of sp³-hybridized carbons (Fsp3) is 0.385. The van der Waals surface area contributed by atoms with Gasteiger partial charge in [-0.05, 0) is 12.5 Å². The lowest BCUT2D eigenvalue weighted by molar-refractivity contribution is -0.109. The molecule has 0 aliphatic carbocycles. The molecule has 0 aliphatic heterocycles. The number of nitrogens with zero attached hydrogens (tertiary/aromatic N) is 1. The van der Waals surface area contributed by atoms with E-state index in [0.29, 0.717) is 12.3 Å². The quantitative estimate of drug-likeness (QED) is 0.609. The summed E-state index contributed by atoms with van der Waals surface area (Å²) in [7, 11) is 1.59. The van der Waals surface area contributed by atoms with Crippen molar-refractivity contribution in [2.45, 2.75) is 20.3 Å². The van der Waals surface area contributed by atoms with Crippen molar-refractivity contribution in [1.82, 2.24) is 4.98 Å². The number of hydrogen-bond donors (Lipinski definition) is 0. The van der Waals surface area contributed by atoms with Crippen LogP contribution >= 0.6 is 11.8 Å². The molecule has 0 fully saturated rings. The van der Waals surface area contributed by atoms with Crippen molar-refractivity contribution in [3.8, 4) is 17.7 Å². The molecule has 0 amide bonds. The Bertz CT molecular complexity index is 460. The van der Waals surface area contributed by atoms with Crippen molar-refractivity contribution < 1.29 is 9.53 Å². The van der Waals surface area contributed by atoms with E-state index in [2.05, 4.69) is 16.8 Å². The molecule has 0 saturated carbocycles. The molecule has 0 saturated heterocycles. The van der Waals surface area contributed by atoms with E-state index in [1.165, 1.54) is 11.8 Å². The molecule has 0 unspecified atom stereocenters. The third-order valence-corrected chi connectivity index (χ3v) is 2.87. The van der Waals surface area contributed by atoms with Crippen molar-refractivity contribution >= 4 is 16.9 Å². The van der Waals surface area contributed by atoms with Crippen molar-refractivity contribution in [2.75, 3.05) is 12.9 Å². The molecule has 0 aliphatic rings. The molecule has 90 valence electrons. The van der Waals surface area contributed by atoms with Gasteiger partial charge in [-0.15, -0.1) is 0 Å². The van der Waals surface area contributed by atoms with E-state index in [0.717, 1.165) is 16.9 Å². The van der Waals surface area contributed by atoms with Gasteiger partial charge in [0.2, 0.25) is 5.88 Å². The molecule has 1 rings (SSSR count). The number of hydrogen-bond acceptors (Lipinski definition) is 4. The van der Waals surface area contributed by atoms with Gasteiger partial charge in [-0.25, -0.2) is 4.98 Å². The molecule has 0 atom stereocenters. The fourth-order valence-corrected chi connectivity index (χ4v) is 1.67. The molecule has 0 spiro atoms. The van der Waals surface area contributed by atoms with E-state index in [1.54, 1.807) is 20.2 Å². The zero-order valence-electron chi connectivity index (χ0n) is 10.2. The van der Waals surface area contributed by atoms with Gasteiger partial charge in [-0.1, -0.05) is 23.6 Å². The maximum atomic E-state index is 10.7. The number of aromatic nitrogens is 1. The Kier molecular flexibility index (Phi) is 5.58. The smallest absolute Gasteiger partial charge is 0.213 e. The van der Waals surface area contributed by atoms with Crippen LogP contribution in [-0.2, 0) is 4.79 Å². The summed E-state index contributed by atoms with van der Waals surface area (Å²) < 4.78 is 5.02. The first-order valence-electron chi connectivity index (χ1n) is 5.26. The zero-order valence-corrected chi connectivity index (χ0v) is 11.1. The van der Waals surface area contributed by atoms with Crippen LogP contribution in [0.3, 0.4) is 0 Å². The maximum Gasteiger partial charge on any atom is 0.213 e. The summed E-state index contributed by atoms with van der Waals surface area (Å²) in [5, 5.41) is 0.133. The van der Waals surface area contributed by atoms with Crippen LogP contribution in [0.2, 0.25) is 0 Å². The van der Waals surface area contributed by atoms with E-state index in [1.807, 2.05) is 13.0 Å². The first kappa shape index (κ1) is 13.6. The number of ether oxygens (including phenoxy) is 1. The first-order valence-corrected chi connectivity index (χ1v) is 6.25. The summed E-state index contributed by atoms with van der Waals surface area (Å²) in [6, 6.07) is 1.86. The van der Waals surface area contributed by atoms with Gasteiger partial charge in [0.1, 0.15) is 0 Å². The number of thioether (sulfide) groups is 1. The minimum atomic E-state index is 0.133. The molecule has 4 heteroatoms. The first-order chi connectivity index (χ1) is 8.13. The average Bonchev–Trinajstić information content (AvgIpc) is 2.30. The molecule has 3 nitrogen and oxygen atoms in total. The maximum absolute atomic E-state index is 10.7. The van der Waals surface area contributed by atoms with Crippen molar-refractivity contribution in [1.29, 1.82) is 0 Å². The van der Waals surface area contributed by atoms with Gasteiger partial charge >= 0.3 is 0 Å². The molecule has 1 heterocycles. The van der Waals surface area contributed by atoms with Crippen LogP contribution in [0.25, 0.3) is 0 Å². The topological polar surface area (TPSA) is 39.2 Å². The largest absolute Gasteiger partial charge is 0.481 e. The molecule has 1 aromatic rings. The van der Waals surface area contributed by atoms with Gasteiger partial charge < -0.3 is 4.74 Å². The number of methoxy groups -OCH3 is 1. The van der Waals surface area contributed by atoms with Crippen LogP contribution in [0.15, 0.2) is 12.3 Å². The van der Waals surface area contributed by atoms with Gasteiger partial charge in [-0.3, -0.25) is 4.79 Å². The highest BCUT2D eigenvalue weighted by Crippen LogP contribution is 2.12. The summed E-state index contributed by atoms with van der Waals surface area (Å²) >= 11 is 1.30. The second-order valence-corrected chi connectivity index (χ2v) is 4.71. The Balaban J connectivity index is 2.57. The van der Waals surface area contributed by atoms with E-state index in [4.69, 9.17) is 4.74 Å². The average molecular weight is 249 g/mol. The van der Waals surface area contributed by atoms with Crippen molar-refractivity contribution in [2.24, 2.45) is 0 Å². The normalized spacial score (nSPS) is 9.35. The Morgan fingerprint density at radius 1 is 1.59 bits per heavy atom. The molecular formula is C13H15NO2S. The summed E-state index contributed by atoms with van der Waals surface area (Å²) in [4.78, 5) is 14.8. The highest BCUT2D eigenvalue weighted by molar-refractivity contribution is 8.13. The van der Waals surface area contributed by atoms with E-state index >= 15 is 0 Å². The minimum absolute atomic E-state index is 0.133. The van der Waals surface area contributed by atoms with Gasteiger partial charge in [0.25, 0.3) is 0 Å². The Morgan fingerprint density at radius 2 is 2.35 bits per heavy atom. The predicted octanol–water partition coefficient (Wildman–Crippen LogP) is 2.42. The number of aryl methyl sites for hydroxylation is 1. The molecule has 1 aromatic heterocycles. The number of carbonyl (C=O) groups excluding carboxylic acids is 1. The molecule has 0 bridgehead atoms. The summed E-state index contributed by atoms with van der Waals surface area (Å²) in [6.07, 6.45) is 2.41. The van der Waals surface area contributed by atoms with Crippen molar-refractivity contribution in [3.05, 3.63) is 23.4 Å². The van der Waals surface area contributed by atoms with E-state index < -0.39 is 0 Å². The second kappa shape index (κ2) is 6.97. The third-order valence-electron chi connectivity index (χ3n) is 2.05. The summed E-state index contributed by atoms with van der Waals surface area (Å²) in [5.74, 6) is 7.42. The minimum Gasteiger partial charge on any atom is -0.481 e. The Labute approximate surface area is 106 Å². The van der Waals surface area contributed by atoms with Crippen LogP contribution in [0.4, 0.5) is 0 Å².